The number of anilines is 1. The van der Waals surface area contributed by atoms with Crippen LogP contribution >= 0.6 is 0 Å². The maximum atomic E-state index is 12.8. The normalized spacial score (nSPS) is 11.2. The van der Waals surface area contributed by atoms with E-state index in [1.165, 1.54) is 16.7 Å². The summed E-state index contributed by atoms with van der Waals surface area (Å²) in [5, 5.41) is 14.7. The molecule has 4 aromatic rings. The van der Waals surface area contributed by atoms with Crippen molar-refractivity contribution in [3.05, 3.63) is 118 Å². The van der Waals surface area contributed by atoms with Gasteiger partial charge in [-0.25, -0.2) is 0 Å². The third-order valence-electron chi connectivity index (χ3n) is 5.42. The lowest BCUT2D eigenvalue weighted by molar-refractivity contribution is -0.112. The van der Waals surface area contributed by atoms with E-state index in [0.29, 0.717) is 5.69 Å². The van der Waals surface area contributed by atoms with Crippen LogP contribution < -0.4 is 5.32 Å². The summed E-state index contributed by atoms with van der Waals surface area (Å²) >= 11 is 0. The molecule has 0 fully saturated rings. The zero-order chi connectivity index (χ0) is 22.5. The van der Waals surface area contributed by atoms with Crippen LogP contribution in [0.3, 0.4) is 0 Å². The van der Waals surface area contributed by atoms with Gasteiger partial charge < -0.3 is 5.32 Å². The van der Waals surface area contributed by atoms with E-state index in [-0.39, 0.29) is 5.57 Å². The summed E-state index contributed by atoms with van der Waals surface area (Å²) in [5.74, 6) is -0.413. The zero-order valence-corrected chi connectivity index (χ0v) is 18.2. The molecule has 0 saturated heterocycles. The zero-order valence-electron chi connectivity index (χ0n) is 18.2. The van der Waals surface area contributed by atoms with Gasteiger partial charge in [-0.05, 0) is 65.9 Å². The first kappa shape index (κ1) is 21.1. The lowest BCUT2D eigenvalue weighted by Gasteiger charge is -2.13. The SMILES string of the molecule is Cc1cc(C)cc(Cc2ccc3ccccc3c2/C=C(\C#N)C(=O)Nc2ccccc2)c1. The van der Waals surface area contributed by atoms with Gasteiger partial charge in [-0.3, -0.25) is 4.79 Å². The molecule has 3 heteroatoms. The highest BCUT2D eigenvalue weighted by Gasteiger charge is 2.13. The van der Waals surface area contributed by atoms with E-state index in [2.05, 4.69) is 55.6 Å². The van der Waals surface area contributed by atoms with E-state index in [1.807, 2.05) is 42.5 Å². The fourth-order valence-corrected chi connectivity index (χ4v) is 4.07. The Morgan fingerprint density at radius 1 is 0.906 bits per heavy atom. The smallest absolute Gasteiger partial charge is 0.266 e. The van der Waals surface area contributed by atoms with Crippen LogP contribution in [0.15, 0.2) is 90.5 Å². The summed E-state index contributed by atoms with van der Waals surface area (Å²) in [7, 11) is 0. The number of nitrogens with one attached hydrogen (secondary N) is 1. The first-order valence-electron chi connectivity index (χ1n) is 10.6. The fraction of sp³-hybridized carbons (Fsp3) is 0.103. The minimum atomic E-state index is -0.413. The van der Waals surface area contributed by atoms with Crippen LogP contribution in [0, 0.1) is 25.2 Å². The average molecular weight is 417 g/mol. The number of fused-ring (bicyclic) bond motifs is 1. The van der Waals surface area contributed by atoms with Gasteiger partial charge in [0.2, 0.25) is 0 Å². The highest BCUT2D eigenvalue weighted by molar-refractivity contribution is 6.11. The molecule has 0 aromatic heterocycles. The van der Waals surface area contributed by atoms with Crippen LogP contribution in [0.25, 0.3) is 16.8 Å². The predicted octanol–water partition coefficient (Wildman–Crippen LogP) is 6.59. The molecule has 0 aliphatic heterocycles. The van der Waals surface area contributed by atoms with Gasteiger partial charge in [0.25, 0.3) is 5.91 Å². The number of para-hydroxylation sites is 1. The molecular weight excluding hydrogens is 392 g/mol. The number of carbonyl (C=O) groups is 1. The third kappa shape index (κ3) is 4.77. The van der Waals surface area contributed by atoms with Crippen LogP contribution in [-0.2, 0) is 11.2 Å². The Kier molecular flexibility index (Phi) is 6.14. The summed E-state index contributed by atoms with van der Waals surface area (Å²) < 4.78 is 0. The number of nitrogens with zero attached hydrogens (tertiary/aromatic N) is 1. The maximum Gasteiger partial charge on any atom is 0.266 e. The Hall–Kier alpha value is -4.16. The minimum Gasteiger partial charge on any atom is -0.321 e. The Bertz CT molecular complexity index is 1340. The molecule has 156 valence electrons. The summed E-state index contributed by atoms with van der Waals surface area (Å²) in [6, 6.07) is 30.0. The van der Waals surface area contributed by atoms with Gasteiger partial charge in [0.05, 0.1) is 0 Å². The van der Waals surface area contributed by atoms with Crippen molar-refractivity contribution in [2.75, 3.05) is 5.32 Å². The average Bonchev–Trinajstić information content (AvgIpc) is 2.78. The Balaban J connectivity index is 1.79. The minimum absolute atomic E-state index is 0.0758. The highest BCUT2D eigenvalue weighted by Crippen LogP contribution is 2.27. The first-order chi connectivity index (χ1) is 15.5. The molecule has 0 spiro atoms. The molecule has 0 radical (unpaired) electrons. The second-order valence-corrected chi connectivity index (χ2v) is 8.02. The highest BCUT2D eigenvalue weighted by atomic mass is 16.1. The van der Waals surface area contributed by atoms with Gasteiger partial charge in [0.15, 0.2) is 0 Å². The molecule has 0 aliphatic rings. The molecular formula is C29H24N2O. The number of amides is 1. The first-order valence-corrected chi connectivity index (χ1v) is 10.6. The maximum absolute atomic E-state index is 12.8. The number of hydrogen-bond acceptors (Lipinski definition) is 2. The van der Waals surface area contributed by atoms with Crippen molar-refractivity contribution in [3.8, 4) is 6.07 Å². The van der Waals surface area contributed by atoms with Gasteiger partial charge in [-0.1, -0.05) is 83.9 Å². The van der Waals surface area contributed by atoms with E-state index >= 15 is 0 Å². The summed E-state index contributed by atoms with van der Waals surface area (Å²) in [6.07, 6.45) is 2.44. The number of carbonyl (C=O) groups excluding carboxylic acids is 1. The van der Waals surface area contributed by atoms with Crippen molar-refractivity contribution < 1.29 is 4.79 Å². The van der Waals surface area contributed by atoms with Crippen LogP contribution in [0.2, 0.25) is 0 Å². The topological polar surface area (TPSA) is 52.9 Å². The summed E-state index contributed by atoms with van der Waals surface area (Å²) in [5.41, 5.74) is 6.37. The molecule has 0 aliphatic carbocycles. The molecule has 0 bridgehead atoms. The van der Waals surface area contributed by atoms with Crippen LogP contribution in [-0.4, -0.2) is 5.91 Å². The number of rotatable bonds is 5. The number of aryl methyl sites for hydroxylation is 2. The monoisotopic (exact) mass is 416 g/mol. The van der Waals surface area contributed by atoms with E-state index in [1.54, 1.807) is 18.2 Å². The van der Waals surface area contributed by atoms with Gasteiger partial charge in [-0.15, -0.1) is 0 Å². The van der Waals surface area contributed by atoms with Crippen molar-refractivity contribution in [2.45, 2.75) is 20.3 Å². The number of hydrogen-bond donors (Lipinski definition) is 1. The standard InChI is InChI=1S/C29H24N2O/c1-20-14-21(2)16-22(15-20)17-24-13-12-23-8-6-7-11-27(23)28(24)18-25(19-30)29(32)31-26-9-4-3-5-10-26/h3-16,18H,17H2,1-2H3,(H,31,32)/b25-18+. The quantitative estimate of drug-likeness (QED) is 0.295. The molecule has 0 atom stereocenters. The van der Waals surface area contributed by atoms with Gasteiger partial charge in [0.1, 0.15) is 11.6 Å². The third-order valence-corrected chi connectivity index (χ3v) is 5.42. The second kappa shape index (κ2) is 9.32. The lowest BCUT2D eigenvalue weighted by atomic mass is 9.92. The van der Waals surface area contributed by atoms with E-state index in [0.717, 1.165) is 28.3 Å². The van der Waals surface area contributed by atoms with Gasteiger partial charge in [0, 0.05) is 5.69 Å². The molecule has 3 nitrogen and oxygen atoms in total. The largest absolute Gasteiger partial charge is 0.321 e. The molecule has 4 aromatic carbocycles. The van der Waals surface area contributed by atoms with Crippen molar-refractivity contribution in [1.82, 2.24) is 0 Å². The molecule has 32 heavy (non-hydrogen) atoms. The van der Waals surface area contributed by atoms with Crippen LogP contribution in [0.5, 0.6) is 0 Å². The Morgan fingerprint density at radius 2 is 1.59 bits per heavy atom. The number of benzene rings is 4. The predicted molar refractivity (Wildman–Crippen MR) is 131 cm³/mol. The summed E-state index contributed by atoms with van der Waals surface area (Å²) in [6.45, 7) is 4.19. The molecule has 0 saturated carbocycles. The second-order valence-electron chi connectivity index (χ2n) is 8.02. The molecule has 1 amide bonds. The van der Waals surface area contributed by atoms with E-state index in [9.17, 15) is 10.1 Å². The fourth-order valence-electron chi connectivity index (χ4n) is 4.07. The summed E-state index contributed by atoms with van der Waals surface area (Å²) in [4.78, 5) is 12.8. The van der Waals surface area contributed by atoms with E-state index < -0.39 is 5.91 Å². The van der Waals surface area contributed by atoms with Crippen LogP contribution in [0.1, 0.15) is 27.8 Å². The molecule has 0 unspecified atom stereocenters. The molecule has 4 rings (SSSR count). The molecule has 0 heterocycles. The van der Waals surface area contributed by atoms with Crippen molar-refractivity contribution in [1.29, 1.82) is 5.26 Å². The van der Waals surface area contributed by atoms with Gasteiger partial charge >= 0.3 is 0 Å². The number of nitriles is 1. The van der Waals surface area contributed by atoms with Crippen molar-refractivity contribution in [2.24, 2.45) is 0 Å². The lowest BCUT2D eigenvalue weighted by Crippen LogP contribution is -2.13. The Labute approximate surface area is 188 Å². The van der Waals surface area contributed by atoms with Crippen molar-refractivity contribution in [3.63, 3.8) is 0 Å². The van der Waals surface area contributed by atoms with E-state index in [4.69, 9.17) is 0 Å². The molecule has 1 N–H and O–H groups in total. The van der Waals surface area contributed by atoms with Gasteiger partial charge in [-0.2, -0.15) is 5.26 Å². The van der Waals surface area contributed by atoms with Crippen LogP contribution in [0.4, 0.5) is 5.69 Å². The van der Waals surface area contributed by atoms with Crippen molar-refractivity contribution >= 4 is 28.4 Å². The Morgan fingerprint density at radius 3 is 2.31 bits per heavy atom.